The average Bonchev–Trinajstić information content (AvgIpc) is 3.35. The van der Waals surface area contributed by atoms with Gasteiger partial charge in [-0.1, -0.05) is 0 Å². The fourth-order valence-electron chi connectivity index (χ4n) is 3.22. The molecule has 4 amide bonds. The zero-order chi connectivity index (χ0) is 27.0. The van der Waals surface area contributed by atoms with E-state index < -0.39 is 41.9 Å². The molecule has 2 aliphatic heterocycles. The van der Waals surface area contributed by atoms with Gasteiger partial charge in [0.05, 0.1) is 91.4 Å². The summed E-state index contributed by atoms with van der Waals surface area (Å²) in [7, 11) is 0. The molecule has 14 heteroatoms. The maximum absolute atomic E-state index is 11.5. The predicted octanol–water partition coefficient (Wildman–Crippen LogP) is -3.00. The molecule has 0 spiro atoms. The van der Waals surface area contributed by atoms with E-state index in [0.29, 0.717) is 0 Å². The summed E-state index contributed by atoms with van der Waals surface area (Å²) in [5, 5.41) is 28.7. The molecule has 0 fully saturated rings. The third-order valence-electron chi connectivity index (χ3n) is 5.00. The minimum atomic E-state index is -1.04. The third-order valence-corrected chi connectivity index (χ3v) is 5.00. The lowest BCUT2D eigenvalue weighted by molar-refractivity contribution is -0.140. The molecule has 2 heterocycles. The van der Waals surface area contributed by atoms with Crippen LogP contribution in [0.4, 0.5) is 0 Å². The van der Waals surface area contributed by atoms with Crippen molar-refractivity contribution in [3.05, 3.63) is 24.3 Å². The van der Waals surface area contributed by atoms with Crippen molar-refractivity contribution in [3.8, 4) is 0 Å². The highest BCUT2D eigenvalue weighted by atomic mass is 16.6. The molecular weight excluding hydrogens is 496 g/mol. The Hall–Kier alpha value is -2.56. The number of hydrogen-bond acceptors (Lipinski definition) is 12. The third kappa shape index (κ3) is 11.6. The second kappa shape index (κ2) is 17.0. The molecule has 2 aliphatic rings. The Morgan fingerprint density at radius 3 is 1.41 bits per heavy atom. The second-order valence-corrected chi connectivity index (χ2v) is 8.06. The quantitative estimate of drug-likeness (QED) is 0.101. The molecular formula is C23H34N2O12. The summed E-state index contributed by atoms with van der Waals surface area (Å²) in [6, 6.07) is 0. The lowest BCUT2D eigenvalue weighted by Crippen LogP contribution is -2.39. The van der Waals surface area contributed by atoms with E-state index in [9.17, 15) is 29.4 Å². The maximum Gasteiger partial charge on any atom is 0.253 e. The van der Waals surface area contributed by atoms with Crippen molar-refractivity contribution in [3.63, 3.8) is 0 Å². The number of nitrogens with zero attached hydrogens (tertiary/aromatic N) is 2. The van der Waals surface area contributed by atoms with E-state index >= 15 is 0 Å². The molecule has 0 saturated carbocycles. The van der Waals surface area contributed by atoms with Gasteiger partial charge in [0.15, 0.2) is 0 Å². The molecule has 0 aromatic heterocycles. The first kappa shape index (κ1) is 30.7. The molecule has 2 rings (SSSR count). The van der Waals surface area contributed by atoms with Gasteiger partial charge >= 0.3 is 0 Å². The number of carbonyl (C=O) groups excluding carboxylic acids is 4. The van der Waals surface area contributed by atoms with Crippen LogP contribution < -0.4 is 0 Å². The van der Waals surface area contributed by atoms with Crippen LogP contribution in [0.1, 0.15) is 0 Å². The first-order valence-corrected chi connectivity index (χ1v) is 11.8. The van der Waals surface area contributed by atoms with Crippen molar-refractivity contribution in [1.82, 2.24) is 9.80 Å². The van der Waals surface area contributed by atoms with E-state index in [1.807, 2.05) is 0 Å². The standard InChI is InChI=1S/C23H34N2O12/c26-5-6-33-15-19(37-10-9-35-14-18(28)12-25-22(31)3-4-23(25)32)16-36-8-7-34-13-17(27)11-24-20(29)1-2-21(24)30/h1-4,17-19,26-28H,5-16H2. The molecule has 3 N–H and O–H groups in total. The van der Waals surface area contributed by atoms with Crippen molar-refractivity contribution >= 4 is 23.6 Å². The summed E-state index contributed by atoms with van der Waals surface area (Å²) in [6.07, 6.45) is 2.02. The number of aliphatic hydroxyl groups is 3. The van der Waals surface area contributed by atoms with E-state index in [1.54, 1.807) is 0 Å². The van der Waals surface area contributed by atoms with Gasteiger partial charge in [0.2, 0.25) is 0 Å². The highest BCUT2D eigenvalue weighted by Crippen LogP contribution is 2.06. The molecule has 0 saturated heterocycles. The summed E-state index contributed by atoms with van der Waals surface area (Å²) in [6.45, 7) is 0.399. The first-order chi connectivity index (χ1) is 17.8. The molecule has 37 heavy (non-hydrogen) atoms. The van der Waals surface area contributed by atoms with Crippen molar-refractivity contribution < 1.29 is 58.2 Å². The summed E-state index contributed by atoms with van der Waals surface area (Å²) >= 11 is 0. The Kier molecular flexibility index (Phi) is 14.1. The molecule has 0 aliphatic carbocycles. The Balaban J connectivity index is 1.54. The number of imide groups is 2. The SMILES string of the molecule is O=C1C=CC(=O)N1CC(O)COCCOCC(COCCO)OCCOCC(O)CN1C(=O)C=CC1=O. The Morgan fingerprint density at radius 2 is 0.973 bits per heavy atom. The minimum absolute atomic E-state index is 0.0836. The van der Waals surface area contributed by atoms with Gasteiger partial charge in [-0.3, -0.25) is 29.0 Å². The number of ether oxygens (including phenoxy) is 5. The molecule has 0 aromatic carbocycles. The summed E-state index contributed by atoms with van der Waals surface area (Å²) in [5.74, 6) is -1.91. The summed E-state index contributed by atoms with van der Waals surface area (Å²) in [5.41, 5.74) is 0. The van der Waals surface area contributed by atoms with E-state index in [-0.39, 0.29) is 79.2 Å². The normalized spacial score (nSPS) is 17.9. The number of hydrogen-bond donors (Lipinski definition) is 3. The van der Waals surface area contributed by atoms with Crippen molar-refractivity contribution in [2.24, 2.45) is 0 Å². The van der Waals surface area contributed by atoms with Crippen LogP contribution in [0.2, 0.25) is 0 Å². The van der Waals surface area contributed by atoms with E-state index in [0.717, 1.165) is 34.1 Å². The smallest absolute Gasteiger partial charge is 0.253 e. The van der Waals surface area contributed by atoms with Crippen LogP contribution in [0, 0.1) is 0 Å². The monoisotopic (exact) mass is 530 g/mol. The van der Waals surface area contributed by atoms with Crippen molar-refractivity contribution in [2.75, 3.05) is 79.2 Å². The lowest BCUT2D eigenvalue weighted by Gasteiger charge is -2.20. The first-order valence-electron chi connectivity index (χ1n) is 11.8. The van der Waals surface area contributed by atoms with Gasteiger partial charge in [0, 0.05) is 24.3 Å². The van der Waals surface area contributed by atoms with E-state index in [4.69, 9.17) is 28.8 Å². The zero-order valence-electron chi connectivity index (χ0n) is 20.4. The van der Waals surface area contributed by atoms with Gasteiger partial charge in [0.1, 0.15) is 6.10 Å². The number of amides is 4. The van der Waals surface area contributed by atoms with E-state index in [2.05, 4.69) is 0 Å². The van der Waals surface area contributed by atoms with Crippen molar-refractivity contribution in [2.45, 2.75) is 18.3 Å². The maximum atomic E-state index is 11.5. The summed E-state index contributed by atoms with van der Waals surface area (Å²) < 4.78 is 27.1. The van der Waals surface area contributed by atoms with Gasteiger partial charge in [-0.15, -0.1) is 0 Å². The van der Waals surface area contributed by atoms with Gasteiger partial charge in [-0.05, 0) is 0 Å². The summed E-state index contributed by atoms with van der Waals surface area (Å²) in [4.78, 5) is 47.8. The van der Waals surface area contributed by atoms with Crippen LogP contribution in [0.3, 0.4) is 0 Å². The number of aliphatic hydroxyl groups excluding tert-OH is 3. The molecule has 0 bridgehead atoms. The van der Waals surface area contributed by atoms with Gasteiger partial charge < -0.3 is 39.0 Å². The molecule has 0 aromatic rings. The molecule has 3 atom stereocenters. The van der Waals surface area contributed by atoms with E-state index in [1.165, 1.54) is 0 Å². The predicted molar refractivity (Wildman–Crippen MR) is 124 cm³/mol. The average molecular weight is 531 g/mol. The minimum Gasteiger partial charge on any atom is -0.394 e. The zero-order valence-corrected chi connectivity index (χ0v) is 20.4. The molecule has 0 radical (unpaired) electrons. The second-order valence-electron chi connectivity index (χ2n) is 8.06. The van der Waals surface area contributed by atoms with Crippen molar-refractivity contribution in [1.29, 1.82) is 0 Å². The van der Waals surface area contributed by atoms with Crippen LogP contribution in [0.25, 0.3) is 0 Å². The topological polar surface area (TPSA) is 182 Å². The highest BCUT2D eigenvalue weighted by Gasteiger charge is 2.26. The van der Waals surface area contributed by atoms with Gasteiger partial charge in [-0.2, -0.15) is 0 Å². The lowest BCUT2D eigenvalue weighted by atomic mass is 10.3. The van der Waals surface area contributed by atoms with Crippen LogP contribution in [-0.4, -0.2) is 146 Å². The number of β-amino-alcohol motifs (C(OH)–C–C–N with tert-alkyl or cyclic N) is 2. The highest BCUT2D eigenvalue weighted by molar-refractivity contribution is 6.13. The molecule has 3 unspecified atom stereocenters. The van der Waals surface area contributed by atoms with Crippen LogP contribution in [0.15, 0.2) is 24.3 Å². The number of carbonyl (C=O) groups is 4. The van der Waals surface area contributed by atoms with Crippen LogP contribution in [0.5, 0.6) is 0 Å². The molecule has 14 nitrogen and oxygen atoms in total. The number of rotatable bonds is 21. The fourth-order valence-corrected chi connectivity index (χ4v) is 3.22. The van der Waals surface area contributed by atoms with Gasteiger partial charge in [0.25, 0.3) is 23.6 Å². The Bertz CT molecular complexity index is 782. The van der Waals surface area contributed by atoms with Crippen LogP contribution in [-0.2, 0) is 42.9 Å². The molecule has 208 valence electrons. The van der Waals surface area contributed by atoms with Gasteiger partial charge in [-0.25, -0.2) is 0 Å². The largest absolute Gasteiger partial charge is 0.394 e. The Labute approximate surface area is 213 Å². The fraction of sp³-hybridized carbons (Fsp3) is 0.652. The Morgan fingerprint density at radius 1 is 0.595 bits per heavy atom. The van der Waals surface area contributed by atoms with Crippen LogP contribution >= 0.6 is 0 Å².